The van der Waals surface area contributed by atoms with Crippen molar-refractivity contribution in [2.45, 2.75) is 39.0 Å². The van der Waals surface area contributed by atoms with Gasteiger partial charge in [-0.3, -0.25) is 0 Å². The van der Waals surface area contributed by atoms with Gasteiger partial charge in [-0.2, -0.15) is 0 Å². The van der Waals surface area contributed by atoms with E-state index in [2.05, 4.69) is 61.5 Å². The fraction of sp³-hybridized carbons (Fsp3) is 0.333. The summed E-state index contributed by atoms with van der Waals surface area (Å²) in [6.07, 6.45) is 6.57. The van der Waals surface area contributed by atoms with E-state index < -0.39 is 0 Å². The Morgan fingerprint density at radius 2 is 1.32 bits per heavy atom. The molecular weight excluding hydrogens is 223 g/mol. The Labute approximate surface area is 129 Å². The number of unbranched alkanes of at least 4 members (excludes halogenated alkanes) is 3. The van der Waals surface area contributed by atoms with Crippen molar-refractivity contribution in [3.05, 3.63) is 60.2 Å². The molecule has 0 aliphatic carbocycles. The Hall–Kier alpha value is -0.963. The third-order valence-corrected chi connectivity index (χ3v) is 3.38. The first-order valence-corrected chi connectivity index (χ1v) is 7.04. The zero-order chi connectivity index (χ0) is 12.6. The van der Waals surface area contributed by atoms with E-state index in [1.165, 1.54) is 48.8 Å². The van der Waals surface area contributed by atoms with Crippen LogP contribution in [-0.4, -0.2) is 18.9 Å². The summed E-state index contributed by atoms with van der Waals surface area (Å²) in [4.78, 5) is 0. The molecule has 0 amide bonds. The predicted octanol–water partition coefficient (Wildman–Crippen LogP) is 4.83. The molecule has 19 heavy (non-hydrogen) atoms. The third-order valence-electron chi connectivity index (χ3n) is 3.38. The van der Waals surface area contributed by atoms with Crippen molar-refractivity contribution in [2.75, 3.05) is 0 Å². The molecule has 2 aromatic rings. The second-order valence-corrected chi connectivity index (χ2v) is 4.87. The van der Waals surface area contributed by atoms with Crippen molar-refractivity contribution in [2.24, 2.45) is 0 Å². The summed E-state index contributed by atoms with van der Waals surface area (Å²) >= 11 is 0. The molecule has 0 N–H and O–H groups in total. The first-order chi connectivity index (χ1) is 8.90. The van der Waals surface area contributed by atoms with Gasteiger partial charge in [0.05, 0.1) is 0 Å². The molecule has 2 aromatic carbocycles. The fourth-order valence-corrected chi connectivity index (χ4v) is 2.25. The molecule has 1 heteroatoms. The minimum atomic E-state index is 0. The van der Waals surface area contributed by atoms with Gasteiger partial charge in [-0.15, -0.1) is 0 Å². The van der Waals surface area contributed by atoms with Crippen molar-refractivity contribution in [1.29, 1.82) is 0 Å². The van der Waals surface area contributed by atoms with E-state index in [-0.39, 0.29) is 18.9 Å². The molecule has 0 spiro atoms. The van der Waals surface area contributed by atoms with Gasteiger partial charge in [0.2, 0.25) is 0 Å². The minimum absolute atomic E-state index is 0. The van der Waals surface area contributed by atoms with Gasteiger partial charge in [0.25, 0.3) is 0 Å². The second-order valence-electron chi connectivity index (χ2n) is 4.87. The van der Waals surface area contributed by atoms with Crippen LogP contribution < -0.4 is 0 Å². The summed E-state index contributed by atoms with van der Waals surface area (Å²) < 4.78 is 0. The summed E-state index contributed by atoms with van der Waals surface area (Å²) in [5.41, 5.74) is 4.08. The Balaban J connectivity index is 0.00000180. The van der Waals surface area contributed by atoms with Crippen LogP contribution in [0.1, 0.15) is 38.2 Å². The van der Waals surface area contributed by atoms with Gasteiger partial charge in [0, 0.05) is 0 Å². The fourth-order valence-electron chi connectivity index (χ4n) is 2.25. The Morgan fingerprint density at radius 3 is 1.95 bits per heavy atom. The maximum absolute atomic E-state index is 2.27. The van der Waals surface area contributed by atoms with Crippen molar-refractivity contribution in [3.8, 4) is 11.1 Å². The quantitative estimate of drug-likeness (QED) is 0.506. The third kappa shape index (κ3) is 5.27. The Bertz CT molecular complexity index is 445. The summed E-state index contributed by atoms with van der Waals surface area (Å²) in [6, 6.07) is 19.6. The van der Waals surface area contributed by atoms with E-state index in [0.717, 1.165) is 0 Å². The van der Waals surface area contributed by atoms with Gasteiger partial charge in [0.15, 0.2) is 0 Å². The van der Waals surface area contributed by atoms with Crippen LogP contribution in [0.25, 0.3) is 11.1 Å². The van der Waals surface area contributed by atoms with Crippen LogP contribution in [0.4, 0.5) is 0 Å². The molecule has 0 heterocycles. The van der Waals surface area contributed by atoms with Crippen LogP contribution in [0.3, 0.4) is 0 Å². The molecule has 0 saturated carbocycles. The van der Waals surface area contributed by atoms with Crippen molar-refractivity contribution in [3.63, 3.8) is 0 Å². The van der Waals surface area contributed by atoms with Gasteiger partial charge < -0.3 is 0 Å². The predicted molar refractivity (Wildman–Crippen MR) is 86.9 cm³/mol. The number of hydrogen-bond acceptors (Lipinski definition) is 0. The van der Waals surface area contributed by atoms with Crippen LogP contribution in [-0.2, 0) is 6.42 Å². The number of aryl methyl sites for hydroxylation is 1. The van der Waals surface area contributed by atoms with Crippen LogP contribution in [0.15, 0.2) is 54.6 Å². The normalized spacial score (nSPS) is 9.95. The van der Waals surface area contributed by atoms with Crippen LogP contribution >= 0.6 is 0 Å². The summed E-state index contributed by atoms with van der Waals surface area (Å²) in [5, 5.41) is 0. The monoisotopic (exact) mass is 246 g/mol. The molecule has 0 nitrogen and oxygen atoms in total. The van der Waals surface area contributed by atoms with Gasteiger partial charge in [-0.1, -0.05) is 80.8 Å². The summed E-state index contributed by atoms with van der Waals surface area (Å²) in [5.74, 6) is 0. The van der Waals surface area contributed by atoms with Gasteiger partial charge >= 0.3 is 18.9 Å². The molecule has 2 rings (SSSR count). The number of benzene rings is 2. The first kappa shape index (κ1) is 16.1. The average Bonchev–Trinajstić information content (AvgIpc) is 2.45. The van der Waals surface area contributed by atoms with E-state index in [9.17, 15) is 0 Å². The van der Waals surface area contributed by atoms with Gasteiger partial charge in [0.1, 0.15) is 0 Å². The van der Waals surface area contributed by atoms with E-state index in [1.54, 1.807) is 0 Å². The first-order valence-electron chi connectivity index (χ1n) is 7.04. The number of hydrogen-bond donors (Lipinski definition) is 0. The van der Waals surface area contributed by atoms with E-state index in [0.29, 0.717) is 0 Å². The Kier molecular flexibility index (Phi) is 7.64. The van der Waals surface area contributed by atoms with Crippen LogP contribution in [0.5, 0.6) is 0 Å². The zero-order valence-electron chi connectivity index (χ0n) is 11.2. The maximum atomic E-state index is 2.27. The van der Waals surface area contributed by atoms with E-state index >= 15 is 0 Å². The average molecular weight is 246 g/mol. The summed E-state index contributed by atoms with van der Waals surface area (Å²) in [6.45, 7) is 2.26. The molecule has 0 aromatic heterocycles. The number of rotatable bonds is 6. The van der Waals surface area contributed by atoms with Crippen molar-refractivity contribution >= 4 is 18.9 Å². The zero-order valence-corrected chi connectivity index (χ0v) is 11.2. The molecule has 0 radical (unpaired) electrons. The van der Waals surface area contributed by atoms with Crippen molar-refractivity contribution < 1.29 is 0 Å². The standard InChI is InChI=1S/C18H22.Li.H/c1-2-3-4-6-9-16-12-14-18(15-13-16)17-10-7-5-8-11-17;;/h5,7-8,10-15H,2-4,6,9H2,1H3;;. The molecule has 0 fully saturated rings. The van der Waals surface area contributed by atoms with E-state index in [1.807, 2.05) is 0 Å². The molecule has 0 aliphatic heterocycles. The van der Waals surface area contributed by atoms with Crippen LogP contribution in [0, 0.1) is 0 Å². The van der Waals surface area contributed by atoms with E-state index in [4.69, 9.17) is 0 Å². The molecular formula is C18H23Li. The van der Waals surface area contributed by atoms with Gasteiger partial charge in [-0.05, 0) is 29.5 Å². The molecule has 0 saturated heterocycles. The summed E-state index contributed by atoms with van der Waals surface area (Å²) in [7, 11) is 0. The topological polar surface area (TPSA) is 0 Å². The van der Waals surface area contributed by atoms with Gasteiger partial charge in [-0.25, -0.2) is 0 Å². The molecule has 0 atom stereocenters. The second kappa shape index (κ2) is 9.02. The molecule has 0 aliphatic rings. The molecule has 96 valence electrons. The van der Waals surface area contributed by atoms with Crippen molar-refractivity contribution in [1.82, 2.24) is 0 Å². The van der Waals surface area contributed by atoms with Crippen LogP contribution in [0.2, 0.25) is 0 Å². The Morgan fingerprint density at radius 1 is 0.684 bits per heavy atom. The molecule has 0 unspecified atom stereocenters. The molecule has 0 bridgehead atoms. The SMILES string of the molecule is CCCCCCc1ccc(-c2ccccc2)cc1.[LiH].